The maximum Gasteiger partial charge on any atom is 0.244 e. The number of carbonyl (C=O) groups is 1. The number of rotatable bonds is 3. The lowest BCUT2D eigenvalue weighted by atomic mass is 10.2. The van der Waals surface area contributed by atoms with Crippen LogP contribution in [-0.4, -0.2) is 60.5 Å². The molecule has 4 nitrogen and oxygen atoms in total. The van der Waals surface area contributed by atoms with Crippen molar-refractivity contribution in [1.29, 1.82) is 0 Å². The predicted octanol–water partition coefficient (Wildman–Crippen LogP) is 2.10. The molecule has 0 N–H and O–H groups in total. The first-order chi connectivity index (χ1) is 11.2. The van der Waals surface area contributed by atoms with Gasteiger partial charge in [0.05, 0.1) is 11.7 Å². The molecule has 124 valence electrons. The number of hydrogen-bond acceptors (Lipinski definition) is 3. The average Bonchev–Trinajstić information content (AvgIpc) is 3.27. The van der Waals surface area contributed by atoms with Gasteiger partial charge in [-0.1, -0.05) is 12.1 Å². The van der Waals surface area contributed by atoms with E-state index in [1.54, 1.807) is 23.1 Å². The summed E-state index contributed by atoms with van der Waals surface area (Å²) in [5, 5.41) is 0. The van der Waals surface area contributed by atoms with E-state index in [2.05, 4.69) is 9.80 Å². The van der Waals surface area contributed by atoms with Gasteiger partial charge in [-0.05, 0) is 50.9 Å². The van der Waals surface area contributed by atoms with Crippen LogP contribution in [0.3, 0.4) is 0 Å². The van der Waals surface area contributed by atoms with Crippen molar-refractivity contribution in [3.8, 4) is 0 Å². The molecule has 0 saturated carbocycles. The number of anilines is 1. The highest BCUT2D eigenvalue weighted by atomic mass is 19.1. The predicted molar refractivity (Wildman–Crippen MR) is 87.9 cm³/mol. The average molecular weight is 317 g/mol. The zero-order valence-electron chi connectivity index (χ0n) is 13.5. The lowest BCUT2D eigenvalue weighted by molar-refractivity contribution is -0.121. The summed E-state index contributed by atoms with van der Waals surface area (Å²) in [7, 11) is 0. The van der Waals surface area contributed by atoms with Gasteiger partial charge in [0.15, 0.2) is 0 Å². The Balaban J connectivity index is 1.43. The molecule has 1 aromatic carbocycles. The molecule has 0 aliphatic carbocycles. The highest BCUT2D eigenvalue weighted by Gasteiger charge is 2.41. The van der Waals surface area contributed by atoms with Gasteiger partial charge in [-0.25, -0.2) is 4.39 Å². The van der Waals surface area contributed by atoms with Crippen molar-refractivity contribution in [3.63, 3.8) is 0 Å². The van der Waals surface area contributed by atoms with Crippen LogP contribution in [0.15, 0.2) is 24.3 Å². The molecule has 2 atom stereocenters. The molecule has 0 bridgehead atoms. The van der Waals surface area contributed by atoms with E-state index in [0.29, 0.717) is 18.3 Å². The van der Waals surface area contributed by atoms with Crippen molar-refractivity contribution in [1.82, 2.24) is 9.80 Å². The summed E-state index contributed by atoms with van der Waals surface area (Å²) in [5.74, 6) is -0.241. The summed E-state index contributed by atoms with van der Waals surface area (Å²) >= 11 is 0. The third-order valence-electron chi connectivity index (χ3n) is 5.61. The van der Waals surface area contributed by atoms with Crippen molar-refractivity contribution in [2.45, 2.75) is 37.8 Å². The smallest absolute Gasteiger partial charge is 0.244 e. The van der Waals surface area contributed by atoms with E-state index in [9.17, 15) is 9.18 Å². The zero-order chi connectivity index (χ0) is 15.8. The largest absolute Gasteiger partial charge is 0.308 e. The Morgan fingerprint density at radius 1 is 0.957 bits per heavy atom. The molecule has 1 aromatic rings. The molecule has 1 amide bonds. The number of para-hydroxylation sites is 1. The van der Waals surface area contributed by atoms with Gasteiger partial charge in [-0.15, -0.1) is 0 Å². The SMILES string of the molecule is O=C1C(N2CCC(N3CCCC3)C2)CCN1c1ccccc1F. The van der Waals surface area contributed by atoms with Crippen LogP contribution in [0, 0.1) is 5.82 Å². The van der Waals surface area contributed by atoms with Crippen molar-refractivity contribution in [2.24, 2.45) is 0 Å². The van der Waals surface area contributed by atoms with Crippen LogP contribution < -0.4 is 4.90 Å². The lowest BCUT2D eigenvalue weighted by Crippen LogP contribution is -2.43. The topological polar surface area (TPSA) is 26.8 Å². The maximum atomic E-state index is 14.0. The first-order valence-electron chi connectivity index (χ1n) is 8.78. The summed E-state index contributed by atoms with van der Waals surface area (Å²) in [6.45, 7) is 5.01. The van der Waals surface area contributed by atoms with Crippen LogP contribution >= 0.6 is 0 Å². The Hall–Kier alpha value is -1.46. The molecule has 3 aliphatic heterocycles. The molecule has 5 heteroatoms. The molecule has 4 rings (SSSR count). The molecule has 3 saturated heterocycles. The fourth-order valence-electron chi connectivity index (χ4n) is 4.37. The van der Waals surface area contributed by atoms with E-state index in [-0.39, 0.29) is 17.8 Å². The second-order valence-electron chi connectivity index (χ2n) is 6.93. The summed E-state index contributed by atoms with van der Waals surface area (Å²) in [6.07, 6.45) is 4.57. The van der Waals surface area contributed by atoms with E-state index < -0.39 is 0 Å². The molecule has 3 heterocycles. The second-order valence-corrected chi connectivity index (χ2v) is 6.93. The Kier molecular flexibility index (Phi) is 4.07. The normalized spacial score (nSPS) is 29.8. The van der Waals surface area contributed by atoms with Crippen LogP contribution in [0.4, 0.5) is 10.1 Å². The first kappa shape index (κ1) is 15.1. The number of amides is 1. The minimum absolute atomic E-state index is 0.0668. The molecular weight excluding hydrogens is 293 g/mol. The van der Waals surface area contributed by atoms with Crippen LogP contribution in [0.5, 0.6) is 0 Å². The molecule has 0 radical (unpaired) electrons. The summed E-state index contributed by atoms with van der Waals surface area (Å²) < 4.78 is 14.0. The maximum absolute atomic E-state index is 14.0. The zero-order valence-corrected chi connectivity index (χ0v) is 13.5. The molecule has 2 unspecified atom stereocenters. The van der Waals surface area contributed by atoms with E-state index >= 15 is 0 Å². The van der Waals surface area contributed by atoms with Crippen molar-refractivity contribution in [2.75, 3.05) is 37.6 Å². The van der Waals surface area contributed by atoms with Gasteiger partial charge in [0.25, 0.3) is 0 Å². The van der Waals surface area contributed by atoms with E-state index in [1.807, 2.05) is 0 Å². The van der Waals surface area contributed by atoms with E-state index in [4.69, 9.17) is 0 Å². The Morgan fingerprint density at radius 2 is 1.74 bits per heavy atom. The molecule has 0 aromatic heterocycles. The minimum Gasteiger partial charge on any atom is -0.308 e. The lowest BCUT2D eigenvalue weighted by Gasteiger charge is -2.26. The number of carbonyl (C=O) groups excluding carboxylic acids is 1. The molecule has 23 heavy (non-hydrogen) atoms. The highest BCUT2D eigenvalue weighted by Crippen LogP contribution is 2.29. The summed E-state index contributed by atoms with van der Waals surface area (Å²) in [5.41, 5.74) is 0.426. The van der Waals surface area contributed by atoms with Gasteiger partial charge in [0, 0.05) is 25.7 Å². The number of halogens is 1. The standard InChI is InChI=1S/C18H24FN3O/c19-15-5-1-2-6-16(15)22-12-8-17(18(22)23)21-11-7-14(13-21)20-9-3-4-10-20/h1-2,5-6,14,17H,3-4,7-13H2. The van der Waals surface area contributed by atoms with E-state index in [0.717, 1.165) is 25.9 Å². The van der Waals surface area contributed by atoms with Crippen LogP contribution in [0.25, 0.3) is 0 Å². The number of likely N-dealkylation sites (tertiary alicyclic amines) is 2. The van der Waals surface area contributed by atoms with Gasteiger partial charge in [0.1, 0.15) is 5.82 Å². The number of hydrogen-bond donors (Lipinski definition) is 0. The van der Waals surface area contributed by atoms with Crippen LogP contribution in [-0.2, 0) is 4.79 Å². The third kappa shape index (κ3) is 2.76. The summed E-state index contributed by atoms with van der Waals surface area (Å²) in [4.78, 5) is 19.3. The van der Waals surface area contributed by atoms with Gasteiger partial charge in [-0.3, -0.25) is 14.6 Å². The van der Waals surface area contributed by atoms with Gasteiger partial charge in [-0.2, -0.15) is 0 Å². The second kappa shape index (κ2) is 6.21. The first-order valence-corrected chi connectivity index (χ1v) is 8.78. The number of nitrogens with zero attached hydrogens (tertiary/aromatic N) is 3. The van der Waals surface area contributed by atoms with Crippen molar-refractivity contribution >= 4 is 11.6 Å². The molecule has 3 fully saturated rings. The molecule has 3 aliphatic rings. The van der Waals surface area contributed by atoms with Crippen LogP contribution in [0.2, 0.25) is 0 Å². The Morgan fingerprint density at radius 3 is 2.52 bits per heavy atom. The van der Waals surface area contributed by atoms with Gasteiger partial charge >= 0.3 is 0 Å². The highest BCUT2D eigenvalue weighted by molar-refractivity contribution is 5.99. The Bertz CT molecular complexity index is 587. The Labute approximate surface area is 136 Å². The van der Waals surface area contributed by atoms with Crippen LogP contribution in [0.1, 0.15) is 25.7 Å². The van der Waals surface area contributed by atoms with E-state index in [1.165, 1.54) is 32.0 Å². The van der Waals surface area contributed by atoms with Crippen molar-refractivity contribution < 1.29 is 9.18 Å². The fraction of sp³-hybridized carbons (Fsp3) is 0.611. The monoisotopic (exact) mass is 317 g/mol. The fourth-order valence-corrected chi connectivity index (χ4v) is 4.37. The van der Waals surface area contributed by atoms with Crippen molar-refractivity contribution in [3.05, 3.63) is 30.1 Å². The minimum atomic E-state index is -0.308. The number of benzene rings is 1. The summed E-state index contributed by atoms with van der Waals surface area (Å²) in [6, 6.07) is 7.12. The molecule has 0 spiro atoms. The quantitative estimate of drug-likeness (QED) is 0.854. The van der Waals surface area contributed by atoms with Gasteiger partial charge < -0.3 is 4.90 Å². The third-order valence-corrected chi connectivity index (χ3v) is 5.61. The molecular formula is C18H24FN3O. The van der Waals surface area contributed by atoms with Gasteiger partial charge in [0.2, 0.25) is 5.91 Å².